The summed E-state index contributed by atoms with van der Waals surface area (Å²) in [5.74, 6) is -7.43. The first kappa shape index (κ1) is 37.4. The molecular weight excluding hydrogens is 658 g/mol. The number of carbonyl (C=O) groups is 6. The zero-order chi connectivity index (χ0) is 37.3. The Morgan fingerprint density at radius 2 is 1.78 bits per heavy atom. The first-order chi connectivity index (χ1) is 23.1. The number of rotatable bonds is 7. The zero-order valence-corrected chi connectivity index (χ0v) is 29.8. The Morgan fingerprint density at radius 1 is 1.12 bits per heavy atom. The SMILES string of the molecule is COC(=O)[C@@]12OC[C@]34C([C@@H](O)[C@@H]1O)[C@@]1(C)CC(=O)C(OC(=O)C[C@H](C)NC(=O)OC(C)(C)C)=C(C)[C@@H]1C[C@H]3OC(=O)[C@H](OC(=O)C=C(C)C)[C@@H]24. The molecule has 11 atom stereocenters. The number of alkyl carbamates (subject to hydrolysis) is 1. The van der Waals surface area contributed by atoms with E-state index in [4.69, 9.17) is 28.4 Å². The van der Waals surface area contributed by atoms with E-state index in [-0.39, 0.29) is 31.6 Å². The molecule has 1 unspecified atom stereocenters. The molecule has 2 saturated carbocycles. The summed E-state index contributed by atoms with van der Waals surface area (Å²) in [6.07, 6.45) is -6.39. The normalized spacial score (nSPS) is 37.7. The predicted molar refractivity (Wildman–Crippen MR) is 169 cm³/mol. The lowest BCUT2D eigenvalue weighted by Gasteiger charge is -2.67. The number of hydrogen-bond donors (Lipinski definition) is 3. The number of methoxy groups -OCH3 is 1. The van der Waals surface area contributed by atoms with Gasteiger partial charge in [0, 0.05) is 29.9 Å². The minimum atomic E-state index is -2.30. The summed E-state index contributed by atoms with van der Waals surface area (Å²) in [5, 5.41) is 26.3. The van der Waals surface area contributed by atoms with Gasteiger partial charge in [-0.25, -0.2) is 19.2 Å². The van der Waals surface area contributed by atoms with Crippen LogP contribution < -0.4 is 5.32 Å². The summed E-state index contributed by atoms with van der Waals surface area (Å²) >= 11 is 0. The van der Waals surface area contributed by atoms with Gasteiger partial charge in [0.25, 0.3) is 0 Å². The largest absolute Gasteiger partial charge is 0.467 e. The van der Waals surface area contributed by atoms with Crippen LogP contribution in [0.15, 0.2) is 23.0 Å². The molecule has 5 rings (SSSR count). The smallest absolute Gasteiger partial charge is 0.407 e. The van der Waals surface area contributed by atoms with Crippen molar-refractivity contribution in [2.45, 2.75) is 116 Å². The van der Waals surface area contributed by atoms with Crippen molar-refractivity contribution < 1.29 is 67.4 Å². The Balaban J connectivity index is 1.51. The highest BCUT2D eigenvalue weighted by Gasteiger charge is 2.85. The summed E-state index contributed by atoms with van der Waals surface area (Å²) in [7, 11) is 1.07. The second-order valence-corrected chi connectivity index (χ2v) is 15.7. The van der Waals surface area contributed by atoms with Gasteiger partial charge in [-0.1, -0.05) is 12.5 Å². The molecule has 1 amide bonds. The number of allylic oxidation sites excluding steroid dienone is 3. The van der Waals surface area contributed by atoms with Gasteiger partial charge in [0.1, 0.15) is 17.8 Å². The number of Topliss-reactive ketones (excluding diaryl/α,β-unsaturated/α-hetero) is 1. The third-order valence-corrected chi connectivity index (χ3v) is 10.9. The van der Waals surface area contributed by atoms with Crippen molar-refractivity contribution in [3.05, 3.63) is 23.0 Å². The Morgan fingerprint density at radius 3 is 2.38 bits per heavy atom. The number of nitrogens with one attached hydrogen (secondary N) is 1. The fourth-order valence-corrected chi connectivity index (χ4v) is 9.34. The molecule has 2 aliphatic heterocycles. The monoisotopic (exact) mass is 705 g/mol. The van der Waals surface area contributed by atoms with Gasteiger partial charge >= 0.3 is 30.0 Å². The maximum atomic E-state index is 13.9. The molecule has 2 bridgehead atoms. The average molecular weight is 706 g/mol. The van der Waals surface area contributed by atoms with Crippen LogP contribution in [0.25, 0.3) is 0 Å². The summed E-state index contributed by atoms with van der Waals surface area (Å²) in [5.41, 5.74) is -4.64. The minimum absolute atomic E-state index is 0.0735. The molecule has 1 spiro atoms. The van der Waals surface area contributed by atoms with Gasteiger partial charge in [-0.3, -0.25) is 9.59 Å². The second-order valence-electron chi connectivity index (χ2n) is 15.7. The van der Waals surface area contributed by atoms with Gasteiger partial charge in [0.05, 0.1) is 32.2 Å². The van der Waals surface area contributed by atoms with Crippen LogP contribution in [0.4, 0.5) is 4.79 Å². The second kappa shape index (κ2) is 12.7. The van der Waals surface area contributed by atoms with Crippen LogP contribution in [0.5, 0.6) is 0 Å². The van der Waals surface area contributed by atoms with Gasteiger partial charge in [0.15, 0.2) is 11.5 Å². The topological polar surface area (TPSA) is 210 Å². The molecule has 2 saturated heterocycles. The van der Waals surface area contributed by atoms with Gasteiger partial charge in [-0.15, -0.1) is 0 Å². The summed E-state index contributed by atoms with van der Waals surface area (Å²) in [4.78, 5) is 79.2. The highest BCUT2D eigenvalue weighted by molar-refractivity contribution is 5.98. The van der Waals surface area contributed by atoms with E-state index >= 15 is 0 Å². The number of aliphatic hydroxyl groups excluding tert-OH is 2. The van der Waals surface area contributed by atoms with Crippen LogP contribution in [-0.4, -0.2) is 101 Å². The number of ketones is 1. The molecule has 4 fully saturated rings. The first-order valence-electron chi connectivity index (χ1n) is 16.7. The maximum Gasteiger partial charge on any atom is 0.407 e. The molecule has 2 heterocycles. The molecule has 0 aromatic heterocycles. The molecule has 0 aromatic carbocycles. The number of ether oxygens (including phenoxy) is 6. The van der Waals surface area contributed by atoms with E-state index in [0.29, 0.717) is 11.1 Å². The van der Waals surface area contributed by atoms with Crippen molar-refractivity contribution >= 4 is 35.8 Å². The molecule has 276 valence electrons. The quantitative estimate of drug-likeness (QED) is 0.196. The predicted octanol–water partition coefficient (Wildman–Crippen LogP) is 1.81. The minimum Gasteiger partial charge on any atom is -0.467 e. The third kappa shape index (κ3) is 5.80. The van der Waals surface area contributed by atoms with Crippen molar-refractivity contribution in [2.75, 3.05) is 13.7 Å². The van der Waals surface area contributed by atoms with Crippen molar-refractivity contribution in [3.63, 3.8) is 0 Å². The Kier molecular flexibility index (Phi) is 9.54. The van der Waals surface area contributed by atoms with Crippen LogP contribution in [0.2, 0.25) is 0 Å². The highest BCUT2D eigenvalue weighted by atomic mass is 16.6. The Bertz CT molecular complexity index is 1560. The van der Waals surface area contributed by atoms with E-state index in [9.17, 15) is 39.0 Å². The summed E-state index contributed by atoms with van der Waals surface area (Å²) in [6, 6.07) is -0.689. The number of fused-ring (bicyclic) bond motifs is 2. The van der Waals surface area contributed by atoms with Crippen molar-refractivity contribution in [1.29, 1.82) is 0 Å². The fourth-order valence-electron chi connectivity index (χ4n) is 9.34. The van der Waals surface area contributed by atoms with Crippen LogP contribution in [-0.2, 0) is 52.4 Å². The van der Waals surface area contributed by atoms with Crippen molar-refractivity contribution in [2.24, 2.45) is 28.6 Å². The van der Waals surface area contributed by atoms with E-state index in [0.717, 1.165) is 7.11 Å². The third-order valence-electron chi connectivity index (χ3n) is 10.9. The molecule has 50 heavy (non-hydrogen) atoms. The first-order valence-corrected chi connectivity index (χ1v) is 16.7. The molecule has 3 N–H and O–H groups in total. The molecule has 15 nitrogen and oxygen atoms in total. The van der Waals surface area contributed by atoms with E-state index in [1.54, 1.807) is 55.4 Å². The lowest BCUT2D eigenvalue weighted by Crippen LogP contribution is -2.79. The average Bonchev–Trinajstić information content (AvgIpc) is 3.28. The number of amides is 1. The lowest BCUT2D eigenvalue weighted by molar-refractivity contribution is -0.290. The molecule has 5 aliphatic rings. The lowest BCUT2D eigenvalue weighted by atomic mass is 9.38. The number of aliphatic hydroxyl groups is 2. The van der Waals surface area contributed by atoms with Crippen LogP contribution >= 0.6 is 0 Å². The highest BCUT2D eigenvalue weighted by Crippen LogP contribution is 2.72. The van der Waals surface area contributed by atoms with E-state index in [2.05, 4.69) is 5.32 Å². The van der Waals surface area contributed by atoms with Gasteiger partial charge < -0.3 is 44.0 Å². The Labute approximate surface area is 290 Å². The van der Waals surface area contributed by atoms with Gasteiger partial charge in [-0.2, -0.15) is 0 Å². The zero-order valence-electron chi connectivity index (χ0n) is 29.8. The summed E-state index contributed by atoms with van der Waals surface area (Å²) < 4.78 is 33.7. The molecule has 0 aromatic rings. The van der Waals surface area contributed by atoms with Gasteiger partial charge in [-0.05, 0) is 71.8 Å². The summed E-state index contributed by atoms with van der Waals surface area (Å²) in [6.45, 7) is 13.1. The molecular formula is C35H47NO14. The van der Waals surface area contributed by atoms with E-state index in [1.807, 2.05) is 0 Å². The van der Waals surface area contributed by atoms with Crippen molar-refractivity contribution in [3.8, 4) is 0 Å². The van der Waals surface area contributed by atoms with E-state index in [1.165, 1.54) is 6.08 Å². The van der Waals surface area contributed by atoms with Crippen LogP contribution in [0.3, 0.4) is 0 Å². The maximum absolute atomic E-state index is 13.9. The fraction of sp³-hybridized carbons (Fsp3) is 0.714. The molecule has 0 radical (unpaired) electrons. The Hall–Kier alpha value is -3.82. The van der Waals surface area contributed by atoms with Gasteiger partial charge in [0.2, 0.25) is 11.7 Å². The standard InChI is InChI=1S/C35H47NO14/c1-15(2)10-21(38)49-25-27-34-14-46-35(27,30(43)45-9)28(41)23(40)26(34)33(8)13-19(37)24(17(4)18(33)12-20(34)47-29(25)42)48-22(39)11-16(3)36-31(44)50-32(5,6)7/h10,16,18,20,23,25-28,40-41H,11-14H2,1-9H3,(H,36,44)/t16-,18-,20+,23+,25+,26?,27+,28-,33-,34+,35-/m0/s1. The number of carbonyl (C=O) groups excluding carboxylic acids is 6. The van der Waals surface area contributed by atoms with Crippen LogP contribution in [0, 0.1) is 28.6 Å². The van der Waals surface area contributed by atoms with Crippen molar-refractivity contribution in [1.82, 2.24) is 5.32 Å². The van der Waals surface area contributed by atoms with E-state index < -0.39 is 106 Å². The van der Waals surface area contributed by atoms with Crippen LogP contribution in [0.1, 0.15) is 74.7 Å². The molecule has 15 heteroatoms. The number of esters is 4. The number of hydrogen-bond acceptors (Lipinski definition) is 14. The molecule has 3 aliphatic carbocycles.